The van der Waals surface area contributed by atoms with Gasteiger partial charge in [0, 0.05) is 11.1 Å². The molecule has 2 atom stereocenters. The van der Waals surface area contributed by atoms with Crippen LogP contribution < -0.4 is 10.5 Å². The second kappa shape index (κ2) is 6.39. The number of carbonyl (C=O) groups excluding carboxylic acids is 1. The molecule has 0 saturated heterocycles. The molecule has 1 aliphatic carbocycles. The number of aromatic nitrogens is 1. The first-order chi connectivity index (χ1) is 12.4. The minimum Gasteiger partial charge on any atom is -0.357 e. The number of benzene rings is 1. The predicted octanol–water partition coefficient (Wildman–Crippen LogP) is 2.59. The van der Waals surface area contributed by atoms with Crippen molar-refractivity contribution in [2.24, 2.45) is 11.7 Å². The smallest absolute Gasteiger partial charge is 0.266 e. The lowest BCUT2D eigenvalue weighted by molar-refractivity contribution is -0.121. The van der Waals surface area contributed by atoms with Gasteiger partial charge in [0.1, 0.15) is 4.90 Å². The molecule has 26 heavy (non-hydrogen) atoms. The first-order valence-electron chi connectivity index (χ1n) is 9.37. The highest BCUT2D eigenvalue weighted by molar-refractivity contribution is 7.90. The zero-order chi connectivity index (χ0) is 18.4. The molecule has 1 aromatic carbocycles. The molecule has 6 nitrogen and oxygen atoms in total. The van der Waals surface area contributed by atoms with Crippen LogP contribution in [-0.4, -0.2) is 24.8 Å². The number of H-pyrrole nitrogens is 1. The van der Waals surface area contributed by atoms with Gasteiger partial charge < -0.3 is 10.7 Å². The van der Waals surface area contributed by atoms with Crippen molar-refractivity contribution >= 4 is 26.8 Å². The second-order valence-corrected chi connectivity index (χ2v) is 9.35. The van der Waals surface area contributed by atoms with Crippen LogP contribution in [0.25, 0.3) is 10.9 Å². The fourth-order valence-electron chi connectivity index (χ4n) is 4.04. The van der Waals surface area contributed by atoms with E-state index in [-0.39, 0.29) is 10.8 Å². The van der Waals surface area contributed by atoms with E-state index in [1.807, 2.05) is 12.1 Å². The molecule has 2 aromatic rings. The first-order valence-corrected chi connectivity index (χ1v) is 10.9. The number of carbonyl (C=O) groups is 1. The van der Waals surface area contributed by atoms with Crippen molar-refractivity contribution in [3.63, 3.8) is 0 Å². The van der Waals surface area contributed by atoms with E-state index in [4.69, 9.17) is 5.73 Å². The number of aromatic amines is 1. The molecule has 2 bridgehead atoms. The minimum absolute atomic E-state index is 0.0819. The van der Waals surface area contributed by atoms with Gasteiger partial charge >= 0.3 is 0 Å². The Kier molecular flexibility index (Phi) is 4.31. The van der Waals surface area contributed by atoms with Gasteiger partial charge in [0.15, 0.2) is 0 Å². The molecule has 7 heteroatoms. The number of aryl methyl sites for hydroxylation is 1. The van der Waals surface area contributed by atoms with Crippen molar-refractivity contribution < 1.29 is 13.2 Å². The average Bonchev–Trinajstić information content (AvgIpc) is 3.08. The zero-order valence-electron chi connectivity index (χ0n) is 14.8. The Balaban J connectivity index is 1.71. The average molecular weight is 375 g/mol. The largest absolute Gasteiger partial charge is 0.357 e. The Morgan fingerprint density at radius 1 is 1.12 bits per heavy atom. The third-order valence-corrected chi connectivity index (χ3v) is 7.14. The van der Waals surface area contributed by atoms with Crippen molar-refractivity contribution in [2.75, 3.05) is 0 Å². The zero-order valence-corrected chi connectivity index (χ0v) is 15.6. The quantitative estimate of drug-likeness (QED) is 0.658. The number of sulfonamides is 1. The monoisotopic (exact) mass is 375 g/mol. The fourth-order valence-corrected chi connectivity index (χ4v) is 5.28. The lowest BCUT2D eigenvalue weighted by Gasteiger charge is -2.13. The molecule has 1 aromatic heterocycles. The number of amides is 1. The molecule has 4 N–H and O–H groups in total. The third-order valence-electron chi connectivity index (χ3n) is 5.76. The Hall–Kier alpha value is -1.86. The molecule has 4 rings (SSSR count). The molecule has 140 valence electrons. The van der Waals surface area contributed by atoms with Crippen molar-refractivity contribution in [2.45, 2.75) is 61.8 Å². The van der Waals surface area contributed by atoms with E-state index in [1.54, 1.807) is 6.07 Å². The van der Waals surface area contributed by atoms with Crippen LogP contribution in [-0.2, 0) is 21.2 Å². The molecule has 2 aliphatic rings. The van der Waals surface area contributed by atoms with Gasteiger partial charge in [-0.05, 0) is 43.7 Å². The summed E-state index contributed by atoms with van der Waals surface area (Å²) in [5, 5.41) is 0.839. The summed E-state index contributed by atoms with van der Waals surface area (Å²) in [6, 6.07) is 7.10. The van der Waals surface area contributed by atoms with Crippen LogP contribution in [0, 0.1) is 5.92 Å². The Morgan fingerprint density at radius 2 is 1.88 bits per heavy atom. The van der Waals surface area contributed by atoms with E-state index in [2.05, 4.69) is 9.71 Å². The highest BCUT2D eigenvalue weighted by Crippen LogP contribution is 2.45. The van der Waals surface area contributed by atoms with Gasteiger partial charge in [0.05, 0.1) is 11.1 Å². The Labute approximate surface area is 153 Å². The van der Waals surface area contributed by atoms with E-state index in [0.29, 0.717) is 11.9 Å². The van der Waals surface area contributed by atoms with E-state index in [9.17, 15) is 13.2 Å². The highest BCUT2D eigenvalue weighted by Gasteiger charge is 2.57. The summed E-state index contributed by atoms with van der Waals surface area (Å²) in [5.74, 6) is -0.503. The van der Waals surface area contributed by atoms with Gasteiger partial charge in [-0.25, -0.2) is 13.1 Å². The lowest BCUT2D eigenvalue weighted by Crippen LogP contribution is -2.46. The second-order valence-electron chi connectivity index (χ2n) is 7.70. The number of rotatable bonds is 0. The predicted molar refractivity (Wildman–Crippen MR) is 100 cm³/mol. The normalized spacial score (nSPS) is 29.3. The molecule has 1 fully saturated rings. The van der Waals surface area contributed by atoms with Crippen molar-refractivity contribution in [1.82, 2.24) is 9.71 Å². The van der Waals surface area contributed by atoms with Crippen molar-refractivity contribution in [3.05, 3.63) is 30.0 Å². The molecule has 1 saturated carbocycles. The summed E-state index contributed by atoms with van der Waals surface area (Å²) in [6.45, 7) is 0. The maximum absolute atomic E-state index is 12.8. The van der Waals surface area contributed by atoms with Gasteiger partial charge in [-0.1, -0.05) is 37.8 Å². The Morgan fingerprint density at radius 3 is 2.73 bits per heavy atom. The molecule has 1 aliphatic heterocycles. The van der Waals surface area contributed by atoms with Gasteiger partial charge in [-0.2, -0.15) is 0 Å². The van der Waals surface area contributed by atoms with E-state index in [1.165, 1.54) is 12.5 Å². The number of nitrogens with one attached hydrogen (secondary N) is 2. The molecule has 0 spiro atoms. The molecular formula is C19H25N3O3S. The number of hydrogen-bond donors (Lipinski definition) is 3. The molecule has 2 heterocycles. The van der Waals surface area contributed by atoms with Crippen LogP contribution in [0.4, 0.5) is 0 Å². The maximum atomic E-state index is 12.8. The van der Waals surface area contributed by atoms with Crippen LogP contribution in [0.15, 0.2) is 29.2 Å². The Bertz CT molecular complexity index is 950. The summed E-state index contributed by atoms with van der Waals surface area (Å²) in [6.07, 6.45) is 7.92. The molecule has 0 unspecified atom stereocenters. The SMILES string of the molecule is N[C@]12C[C@H]1CCCCCCCc1cc3cccc(c3[nH]1)S(=O)(=O)NC2=O. The molecule has 0 radical (unpaired) electrons. The third kappa shape index (κ3) is 3.14. The van der Waals surface area contributed by atoms with Crippen LogP contribution in [0.3, 0.4) is 0 Å². The summed E-state index contributed by atoms with van der Waals surface area (Å²) in [4.78, 5) is 15.9. The van der Waals surface area contributed by atoms with Crippen LogP contribution in [0.1, 0.15) is 50.6 Å². The number of fused-ring (bicyclic) bond motifs is 2. The fraction of sp³-hybridized carbons (Fsp3) is 0.526. The summed E-state index contributed by atoms with van der Waals surface area (Å²) in [7, 11) is -3.97. The minimum atomic E-state index is -3.97. The van der Waals surface area contributed by atoms with Crippen LogP contribution >= 0.6 is 0 Å². The number of hydrogen-bond acceptors (Lipinski definition) is 4. The summed E-state index contributed by atoms with van der Waals surface area (Å²) in [5.41, 5.74) is 6.71. The standard InChI is InChI=1S/C19H25N3O3S/c20-19-12-14(19)8-4-2-1-3-5-9-15-11-13-7-6-10-16(17(13)21-15)26(24,25)22-18(19)23/h6-7,10-11,14,21H,1-5,8-9,12,20H2,(H,22,23)/t14-,19-/m1/s1. The molecular weight excluding hydrogens is 350 g/mol. The highest BCUT2D eigenvalue weighted by atomic mass is 32.2. The maximum Gasteiger partial charge on any atom is 0.266 e. The van der Waals surface area contributed by atoms with Crippen molar-refractivity contribution in [1.29, 1.82) is 0 Å². The summed E-state index contributed by atoms with van der Waals surface area (Å²) < 4.78 is 27.9. The van der Waals surface area contributed by atoms with Crippen LogP contribution in [0.5, 0.6) is 0 Å². The van der Waals surface area contributed by atoms with E-state index in [0.717, 1.165) is 49.6 Å². The van der Waals surface area contributed by atoms with Gasteiger partial charge in [-0.15, -0.1) is 0 Å². The van der Waals surface area contributed by atoms with Gasteiger partial charge in [0.25, 0.3) is 15.9 Å². The first kappa shape index (κ1) is 17.5. The molecule has 1 amide bonds. The topological polar surface area (TPSA) is 105 Å². The number of para-hydroxylation sites is 1. The summed E-state index contributed by atoms with van der Waals surface area (Å²) >= 11 is 0. The van der Waals surface area contributed by atoms with Crippen LogP contribution in [0.2, 0.25) is 0 Å². The van der Waals surface area contributed by atoms with E-state index >= 15 is 0 Å². The van der Waals surface area contributed by atoms with Gasteiger partial charge in [-0.3, -0.25) is 4.79 Å². The van der Waals surface area contributed by atoms with Gasteiger partial charge in [0.2, 0.25) is 0 Å². The van der Waals surface area contributed by atoms with Crippen molar-refractivity contribution in [3.8, 4) is 0 Å². The van der Waals surface area contributed by atoms with E-state index < -0.39 is 21.5 Å². The number of nitrogens with two attached hydrogens (primary N) is 1. The lowest BCUT2D eigenvalue weighted by atomic mass is 10.0.